The summed E-state index contributed by atoms with van der Waals surface area (Å²) in [7, 11) is 0. The van der Waals surface area contributed by atoms with Gasteiger partial charge in [-0.1, -0.05) is 12.1 Å². The fraction of sp³-hybridized carbons (Fsp3) is 0. The fourth-order valence-electron chi connectivity index (χ4n) is 6.27. The number of fused-ring (bicyclic) bond motifs is 2. The van der Waals surface area contributed by atoms with Crippen molar-refractivity contribution >= 4 is 58.2 Å². The van der Waals surface area contributed by atoms with Crippen molar-refractivity contribution in [1.29, 1.82) is 0 Å². The van der Waals surface area contributed by atoms with Crippen LogP contribution in [0, 0.1) is 0 Å². The van der Waals surface area contributed by atoms with Crippen molar-refractivity contribution in [2.45, 2.75) is 0 Å². The smallest absolute Gasteiger partial charge is 0.266 e. The molecule has 0 aliphatic carbocycles. The normalized spacial score (nSPS) is 13.1. The Labute approximate surface area is 311 Å². The first-order valence-corrected chi connectivity index (χ1v) is 16.7. The van der Waals surface area contributed by atoms with Crippen LogP contribution in [-0.2, 0) is 0 Å². The second-order valence-electron chi connectivity index (χ2n) is 12.5. The Morgan fingerprint density at radius 3 is 1.22 bits per heavy atom. The van der Waals surface area contributed by atoms with Crippen molar-refractivity contribution in [1.82, 2.24) is 0 Å². The lowest BCUT2D eigenvalue weighted by Gasteiger charge is -2.16. The SMILES string of the molecule is O=C(Nc1cccc(O)c1)c1ccc2c(c1)C(=O)N(c1ccc(Oc3ccc(N4C(=O)c5ccc(C(=O)Nc6cccc(O)c6)cc5C4=O)cc3)cc1)C2=O. The van der Waals surface area contributed by atoms with E-state index >= 15 is 0 Å². The van der Waals surface area contributed by atoms with Crippen LogP contribution in [0.2, 0.25) is 0 Å². The molecule has 0 unspecified atom stereocenters. The number of anilines is 4. The van der Waals surface area contributed by atoms with Crippen molar-refractivity contribution < 1.29 is 43.7 Å². The molecule has 0 bridgehead atoms. The molecule has 0 aromatic heterocycles. The van der Waals surface area contributed by atoms with Gasteiger partial charge in [0.05, 0.1) is 33.6 Å². The standard InChI is InChI=1S/C42H26N4O9/c47-29-5-1-3-25(21-29)43-37(49)23-7-17-33-35(19-23)41(53)45(39(33)51)27-9-13-31(14-10-27)55-32-15-11-28(12-16-32)46-40(52)34-18-8-24(20-36(34)42(46)54)38(50)44-26-4-2-6-30(48)22-26/h1-22,47-48H,(H,43,49)(H,44,50). The highest BCUT2D eigenvalue weighted by Gasteiger charge is 2.38. The molecule has 4 N–H and O–H groups in total. The lowest BCUT2D eigenvalue weighted by Crippen LogP contribution is -2.29. The monoisotopic (exact) mass is 730 g/mol. The molecule has 6 aromatic rings. The van der Waals surface area contributed by atoms with E-state index in [-0.39, 0.29) is 56.3 Å². The summed E-state index contributed by atoms with van der Waals surface area (Å²) in [6, 6.07) is 32.9. The number of ether oxygens (including phenoxy) is 1. The van der Waals surface area contributed by atoms with Gasteiger partial charge >= 0.3 is 0 Å². The third kappa shape index (κ3) is 6.38. The maximum atomic E-state index is 13.4. The van der Waals surface area contributed by atoms with Gasteiger partial charge in [-0.2, -0.15) is 0 Å². The summed E-state index contributed by atoms with van der Waals surface area (Å²) in [6.45, 7) is 0. The molecule has 0 saturated heterocycles. The van der Waals surface area contributed by atoms with Crippen LogP contribution in [0.4, 0.5) is 22.7 Å². The zero-order valence-corrected chi connectivity index (χ0v) is 28.3. The number of imide groups is 2. The topological polar surface area (TPSA) is 183 Å². The molecule has 0 atom stereocenters. The molecule has 268 valence electrons. The van der Waals surface area contributed by atoms with E-state index in [9.17, 15) is 39.0 Å². The Kier molecular flexibility index (Phi) is 8.35. The van der Waals surface area contributed by atoms with Gasteiger partial charge in [-0.05, 0) is 109 Å². The highest BCUT2D eigenvalue weighted by molar-refractivity contribution is 6.35. The average Bonchev–Trinajstić information content (AvgIpc) is 3.58. The van der Waals surface area contributed by atoms with Gasteiger partial charge in [0.2, 0.25) is 0 Å². The first kappa shape index (κ1) is 34.0. The number of hydrogen-bond donors (Lipinski definition) is 4. The van der Waals surface area contributed by atoms with Crippen molar-refractivity contribution in [2.75, 3.05) is 20.4 Å². The van der Waals surface area contributed by atoms with Gasteiger partial charge in [0, 0.05) is 34.6 Å². The predicted molar refractivity (Wildman–Crippen MR) is 200 cm³/mol. The maximum absolute atomic E-state index is 13.4. The van der Waals surface area contributed by atoms with Gasteiger partial charge in [0.1, 0.15) is 23.0 Å². The van der Waals surface area contributed by atoms with Crippen molar-refractivity contribution in [3.63, 3.8) is 0 Å². The minimum Gasteiger partial charge on any atom is -0.508 e. The number of hydrogen-bond acceptors (Lipinski definition) is 9. The highest BCUT2D eigenvalue weighted by Crippen LogP contribution is 2.34. The van der Waals surface area contributed by atoms with Crippen LogP contribution in [0.25, 0.3) is 0 Å². The van der Waals surface area contributed by atoms with Crippen LogP contribution >= 0.6 is 0 Å². The van der Waals surface area contributed by atoms with E-state index in [0.29, 0.717) is 22.9 Å². The molecule has 13 nitrogen and oxygen atoms in total. The largest absolute Gasteiger partial charge is 0.508 e. The van der Waals surface area contributed by atoms with Gasteiger partial charge in [0.15, 0.2) is 0 Å². The lowest BCUT2D eigenvalue weighted by molar-refractivity contribution is 0.0910. The molecule has 55 heavy (non-hydrogen) atoms. The minimum atomic E-state index is -0.600. The van der Waals surface area contributed by atoms with Gasteiger partial charge < -0.3 is 25.6 Å². The summed E-state index contributed by atoms with van der Waals surface area (Å²) in [6.07, 6.45) is 0. The first-order valence-electron chi connectivity index (χ1n) is 16.7. The van der Waals surface area contributed by atoms with Gasteiger partial charge in [-0.25, -0.2) is 9.80 Å². The number of nitrogens with zero attached hydrogens (tertiary/aromatic N) is 2. The number of aromatic hydroxyl groups is 2. The van der Waals surface area contributed by atoms with Crippen LogP contribution in [0.5, 0.6) is 23.0 Å². The Morgan fingerprint density at radius 1 is 0.455 bits per heavy atom. The van der Waals surface area contributed by atoms with E-state index in [0.717, 1.165) is 9.80 Å². The van der Waals surface area contributed by atoms with Crippen LogP contribution in [0.3, 0.4) is 0 Å². The molecule has 0 saturated carbocycles. The van der Waals surface area contributed by atoms with Crippen LogP contribution in [-0.4, -0.2) is 45.7 Å². The molecule has 0 radical (unpaired) electrons. The average molecular weight is 731 g/mol. The Bertz CT molecular complexity index is 2440. The zero-order chi connectivity index (χ0) is 38.4. The van der Waals surface area contributed by atoms with E-state index in [1.165, 1.54) is 84.9 Å². The third-order valence-electron chi connectivity index (χ3n) is 8.93. The summed E-state index contributed by atoms with van der Waals surface area (Å²) < 4.78 is 5.94. The summed E-state index contributed by atoms with van der Waals surface area (Å²) in [5, 5.41) is 24.6. The first-order chi connectivity index (χ1) is 26.5. The van der Waals surface area contributed by atoms with Gasteiger partial charge in [-0.15, -0.1) is 0 Å². The second-order valence-corrected chi connectivity index (χ2v) is 12.5. The number of nitrogens with one attached hydrogen (secondary N) is 2. The van der Waals surface area contributed by atoms with Gasteiger partial charge in [0.25, 0.3) is 35.4 Å². The van der Waals surface area contributed by atoms with Crippen LogP contribution in [0.15, 0.2) is 133 Å². The third-order valence-corrected chi connectivity index (χ3v) is 8.93. The molecule has 2 aliphatic heterocycles. The molecular formula is C42H26N4O9. The summed E-state index contributed by atoms with van der Waals surface area (Å²) in [5.74, 6) is -2.64. The van der Waals surface area contributed by atoms with Crippen LogP contribution < -0.4 is 25.2 Å². The molecule has 0 fully saturated rings. The number of phenols is 2. The quantitative estimate of drug-likeness (QED) is 0.120. The van der Waals surface area contributed by atoms with E-state index in [2.05, 4.69) is 10.6 Å². The molecule has 2 aliphatic rings. The van der Waals surface area contributed by atoms with E-state index in [1.807, 2.05) is 0 Å². The molecular weight excluding hydrogens is 704 g/mol. The molecule has 0 spiro atoms. The number of benzene rings is 6. The highest BCUT2D eigenvalue weighted by atomic mass is 16.5. The van der Waals surface area contributed by atoms with Crippen molar-refractivity contribution in [3.8, 4) is 23.0 Å². The summed E-state index contributed by atoms with van der Waals surface area (Å²) in [4.78, 5) is 80.9. The number of carbonyl (C=O) groups is 6. The number of rotatable bonds is 8. The Hall–Kier alpha value is -8.06. The summed E-state index contributed by atoms with van der Waals surface area (Å²) in [5.41, 5.74) is 2.04. The Morgan fingerprint density at radius 2 is 0.836 bits per heavy atom. The van der Waals surface area contributed by atoms with E-state index in [4.69, 9.17) is 4.74 Å². The second kappa shape index (κ2) is 13.5. The molecule has 8 rings (SSSR count). The summed E-state index contributed by atoms with van der Waals surface area (Å²) >= 11 is 0. The van der Waals surface area contributed by atoms with Gasteiger partial charge in [-0.3, -0.25) is 28.8 Å². The minimum absolute atomic E-state index is 0.0223. The lowest BCUT2D eigenvalue weighted by atomic mass is 10.1. The number of amides is 6. The molecule has 6 amide bonds. The molecule has 6 aromatic carbocycles. The molecule has 2 heterocycles. The maximum Gasteiger partial charge on any atom is 0.266 e. The van der Waals surface area contributed by atoms with Crippen molar-refractivity contribution in [3.05, 3.63) is 167 Å². The number of phenolic OH excluding ortho intramolecular Hbond substituents is 2. The van der Waals surface area contributed by atoms with Crippen LogP contribution in [0.1, 0.15) is 62.1 Å². The Balaban J connectivity index is 0.921. The van der Waals surface area contributed by atoms with E-state index in [1.54, 1.807) is 48.5 Å². The zero-order valence-electron chi connectivity index (χ0n) is 28.3. The number of carbonyl (C=O) groups excluding carboxylic acids is 6. The van der Waals surface area contributed by atoms with Crippen molar-refractivity contribution in [2.24, 2.45) is 0 Å². The molecule has 13 heteroatoms. The van der Waals surface area contributed by atoms with E-state index < -0.39 is 35.4 Å². The fourth-order valence-corrected chi connectivity index (χ4v) is 6.27. The predicted octanol–water partition coefficient (Wildman–Crippen LogP) is 7.00.